The van der Waals surface area contributed by atoms with Crippen molar-refractivity contribution in [3.63, 3.8) is 0 Å². The Kier molecular flexibility index (Phi) is 5.69. The van der Waals surface area contributed by atoms with Gasteiger partial charge < -0.3 is 4.74 Å². The van der Waals surface area contributed by atoms with E-state index in [9.17, 15) is 0 Å². The van der Waals surface area contributed by atoms with E-state index in [0.717, 1.165) is 12.2 Å². The summed E-state index contributed by atoms with van der Waals surface area (Å²) < 4.78 is 6.38. The fraction of sp³-hybridized carbons (Fsp3) is 0.500. The van der Waals surface area contributed by atoms with Gasteiger partial charge in [-0.05, 0) is 43.0 Å². The second kappa shape index (κ2) is 6.54. The van der Waals surface area contributed by atoms with E-state index in [2.05, 4.69) is 44.8 Å². The third-order valence-corrected chi connectivity index (χ3v) is 3.53. The standard InChI is InChI=1S/C12H16Br2O/c1-9(13)4-3-5-10-8-11(15-2)6-7-12(10)14/h6-9H,3-5H2,1-2H3. The van der Waals surface area contributed by atoms with Gasteiger partial charge in [0.25, 0.3) is 0 Å². The third kappa shape index (κ3) is 4.56. The summed E-state index contributed by atoms with van der Waals surface area (Å²) in [4.78, 5) is 0.599. The minimum atomic E-state index is 0.599. The highest BCUT2D eigenvalue weighted by Crippen LogP contribution is 2.24. The van der Waals surface area contributed by atoms with Gasteiger partial charge in [-0.15, -0.1) is 0 Å². The largest absolute Gasteiger partial charge is 0.497 e. The molecule has 0 aliphatic rings. The highest BCUT2D eigenvalue weighted by Gasteiger charge is 2.03. The molecule has 0 radical (unpaired) electrons. The van der Waals surface area contributed by atoms with E-state index in [0.29, 0.717) is 4.83 Å². The van der Waals surface area contributed by atoms with Crippen LogP contribution in [0.25, 0.3) is 0 Å². The number of benzene rings is 1. The predicted molar refractivity (Wildman–Crippen MR) is 72.0 cm³/mol. The van der Waals surface area contributed by atoms with E-state index >= 15 is 0 Å². The van der Waals surface area contributed by atoms with Gasteiger partial charge in [0.05, 0.1) is 7.11 Å². The van der Waals surface area contributed by atoms with Crippen LogP contribution in [0.2, 0.25) is 0 Å². The molecule has 0 bridgehead atoms. The van der Waals surface area contributed by atoms with Crippen molar-refractivity contribution in [2.24, 2.45) is 0 Å². The average Bonchev–Trinajstić information content (AvgIpc) is 2.20. The molecule has 1 aromatic rings. The second-order valence-electron chi connectivity index (χ2n) is 3.63. The lowest BCUT2D eigenvalue weighted by atomic mass is 10.1. The Morgan fingerprint density at radius 2 is 2.13 bits per heavy atom. The zero-order valence-electron chi connectivity index (χ0n) is 9.09. The number of ether oxygens (including phenoxy) is 1. The Hall–Kier alpha value is -0.0200. The van der Waals surface area contributed by atoms with Crippen LogP contribution < -0.4 is 4.74 Å². The molecule has 0 aromatic heterocycles. The SMILES string of the molecule is COc1ccc(Br)c(CCCC(C)Br)c1. The molecular weight excluding hydrogens is 320 g/mol. The van der Waals surface area contributed by atoms with Crippen LogP contribution >= 0.6 is 31.9 Å². The smallest absolute Gasteiger partial charge is 0.119 e. The quantitative estimate of drug-likeness (QED) is 0.716. The fourth-order valence-electron chi connectivity index (χ4n) is 1.44. The molecule has 1 unspecified atom stereocenters. The van der Waals surface area contributed by atoms with E-state index in [4.69, 9.17) is 4.74 Å². The van der Waals surface area contributed by atoms with Crippen molar-refractivity contribution in [2.45, 2.75) is 31.0 Å². The summed E-state index contributed by atoms with van der Waals surface area (Å²) in [5.74, 6) is 0.931. The Morgan fingerprint density at radius 1 is 1.40 bits per heavy atom. The van der Waals surface area contributed by atoms with Gasteiger partial charge >= 0.3 is 0 Å². The second-order valence-corrected chi connectivity index (χ2v) is 6.05. The maximum atomic E-state index is 5.21. The summed E-state index contributed by atoms with van der Waals surface area (Å²) in [6.07, 6.45) is 3.48. The van der Waals surface area contributed by atoms with Gasteiger partial charge in [-0.3, -0.25) is 0 Å². The van der Waals surface area contributed by atoms with E-state index < -0.39 is 0 Å². The molecule has 0 aliphatic heterocycles. The number of hydrogen-bond donors (Lipinski definition) is 0. The van der Waals surface area contributed by atoms with E-state index in [1.54, 1.807) is 7.11 Å². The van der Waals surface area contributed by atoms with Crippen molar-refractivity contribution < 1.29 is 4.74 Å². The predicted octanol–water partition coefficient (Wildman–Crippen LogP) is 4.56. The number of methoxy groups -OCH3 is 1. The molecule has 0 aliphatic carbocycles. The molecule has 0 fully saturated rings. The highest BCUT2D eigenvalue weighted by molar-refractivity contribution is 9.10. The number of alkyl halides is 1. The van der Waals surface area contributed by atoms with Gasteiger partial charge in [-0.25, -0.2) is 0 Å². The van der Waals surface area contributed by atoms with Crippen LogP contribution in [0.3, 0.4) is 0 Å². The normalized spacial score (nSPS) is 12.5. The molecule has 1 atom stereocenters. The molecule has 0 heterocycles. The van der Waals surface area contributed by atoms with Crippen LogP contribution in [0.1, 0.15) is 25.3 Å². The first-order valence-corrected chi connectivity index (χ1v) is 6.81. The van der Waals surface area contributed by atoms with Crippen molar-refractivity contribution >= 4 is 31.9 Å². The van der Waals surface area contributed by atoms with Crippen LogP contribution in [0.15, 0.2) is 22.7 Å². The Morgan fingerprint density at radius 3 is 2.73 bits per heavy atom. The molecule has 0 N–H and O–H groups in total. The molecule has 0 spiro atoms. The molecule has 0 saturated heterocycles. The third-order valence-electron chi connectivity index (χ3n) is 2.30. The lowest BCUT2D eigenvalue weighted by Crippen LogP contribution is -1.94. The van der Waals surface area contributed by atoms with Crippen molar-refractivity contribution in [3.8, 4) is 5.75 Å². The Labute approximate surface area is 108 Å². The molecule has 1 aromatic carbocycles. The number of halogens is 2. The first-order valence-electron chi connectivity index (χ1n) is 5.10. The van der Waals surface area contributed by atoms with Crippen molar-refractivity contribution in [2.75, 3.05) is 7.11 Å². The minimum absolute atomic E-state index is 0.599. The van der Waals surface area contributed by atoms with E-state index in [1.807, 2.05) is 12.1 Å². The number of hydrogen-bond acceptors (Lipinski definition) is 1. The van der Waals surface area contributed by atoms with Gasteiger partial charge in [0.15, 0.2) is 0 Å². The van der Waals surface area contributed by atoms with Crippen molar-refractivity contribution in [1.82, 2.24) is 0 Å². The fourth-order valence-corrected chi connectivity index (χ4v) is 2.21. The van der Waals surface area contributed by atoms with Gasteiger partial charge in [0.1, 0.15) is 5.75 Å². The maximum absolute atomic E-state index is 5.21. The molecular formula is C12H16Br2O. The lowest BCUT2D eigenvalue weighted by Gasteiger charge is -2.08. The summed E-state index contributed by atoms with van der Waals surface area (Å²) >= 11 is 7.12. The Bertz CT molecular complexity index is 310. The molecule has 0 amide bonds. The van der Waals surface area contributed by atoms with Crippen LogP contribution in [0, 0.1) is 0 Å². The van der Waals surface area contributed by atoms with Gasteiger partial charge in [0.2, 0.25) is 0 Å². The van der Waals surface area contributed by atoms with Crippen LogP contribution in [0.4, 0.5) is 0 Å². The van der Waals surface area contributed by atoms with Gasteiger partial charge in [-0.1, -0.05) is 38.8 Å². The maximum Gasteiger partial charge on any atom is 0.119 e. The molecule has 0 saturated carbocycles. The molecule has 1 nitrogen and oxygen atoms in total. The van der Waals surface area contributed by atoms with E-state index in [-0.39, 0.29) is 0 Å². The van der Waals surface area contributed by atoms with Crippen LogP contribution in [-0.4, -0.2) is 11.9 Å². The lowest BCUT2D eigenvalue weighted by molar-refractivity contribution is 0.414. The van der Waals surface area contributed by atoms with Crippen LogP contribution in [-0.2, 0) is 6.42 Å². The zero-order valence-corrected chi connectivity index (χ0v) is 12.3. The molecule has 15 heavy (non-hydrogen) atoms. The number of aryl methyl sites for hydroxylation is 1. The van der Waals surface area contributed by atoms with Crippen molar-refractivity contribution in [3.05, 3.63) is 28.2 Å². The van der Waals surface area contributed by atoms with Crippen LogP contribution in [0.5, 0.6) is 5.75 Å². The summed E-state index contributed by atoms with van der Waals surface area (Å²) in [5, 5.41) is 0. The summed E-state index contributed by atoms with van der Waals surface area (Å²) in [6.45, 7) is 2.18. The number of rotatable bonds is 5. The minimum Gasteiger partial charge on any atom is -0.497 e. The summed E-state index contributed by atoms with van der Waals surface area (Å²) in [6, 6.07) is 6.12. The molecule has 84 valence electrons. The van der Waals surface area contributed by atoms with Gasteiger partial charge in [0, 0.05) is 9.30 Å². The first-order chi connectivity index (χ1) is 7.13. The van der Waals surface area contributed by atoms with Crippen molar-refractivity contribution in [1.29, 1.82) is 0 Å². The summed E-state index contributed by atoms with van der Waals surface area (Å²) in [5.41, 5.74) is 1.32. The topological polar surface area (TPSA) is 9.23 Å². The summed E-state index contributed by atoms with van der Waals surface area (Å²) in [7, 11) is 1.70. The van der Waals surface area contributed by atoms with Gasteiger partial charge in [-0.2, -0.15) is 0 Å². The molecule has 3 heteroatoms. The highest BCUT2D eigenvalue weighted by atomic mass is 79.9. The Balaban J connectivity index is 2.59. The first kappa shape index (κ1) is 13.0. The zero-order chi connectivity index (χ0) is 11.3. The monoisotopic (exact) mass is 334 g/mol. The van der Waals surface area contributed by atoms with E-state index in [1.165, 1.54) is 22.9 Å². The average molecular weight is 336 g/mol. The molecule has 1 rings (SSSR count).